The number of rotatable bonds is 2. The van der Waals surface area contributed by atoms with Gasteiger partial charge >= 0.3 is 0 Å². The number of hydrogen-bond acceptors (Lipinski definition) is 1. The Morgan fingerprint density at radius 3 is 2.42 bits per heavy atom. The van der Waals surface area contributed by atoms with Gasteiger partial charge in [0.05, 0.1) is 0 Å². The van der Waals surface area contributed by atoms with Crippen LogP contribution >= 0.6 is 22.6 Å². The molecule has 0 aliphatic carbocycles. The number of benzene rings is 1. The van der Waals surface area contributed by atoms with Crippen molar-refractivity contribution >= 4 is 34.6 Å². The molecule has 12 heavy (non-hydrogen) atoms. The fourth-order valence-corrected chi connectivity index (χ4v) is 1.11. The van der Waals surface area contributed by atoms with Gasteiger partial charge < -0.3 is 5.73 Å². The Labute approximate surface area is 84.6 Å². The van der Waals surface area contributed by atoms with E-state index in [0.29, 0.717) is 0 Å². The lowest BCUT2D eigenvalue weighted by molar-refractivity contribution is -0.113. The lowest BCUT2D eigenvalue weighted by Crippen LogP contribution is -2.04. The van der Waals surface area contributed by atoms with Gasteiger partial charge in [-0.2, -0.15) is 0 Å². The lowest BCUT2D eigenvalue weighted by atomic mass is 10.2. The topological polar surface area (TPSA) is 43.1 Å². The monoisotopic (exact) mass is 273 g/mol. The Morgan fingerprint density at radius 2 is 1.92 bits per heavy atom. The van der Waals surface area contributed by atoms with Crippen molar-refractivity contribution in [2.75, 3.05) is 0 Å². The van der Waals surface area contributed by atoms with Gasteiger partial charge in [-0.25, -0.2) is 0 Å². The van der Waals surface area contributed by atoms with Gasteiger partial charge in [0.2, 0.25) is 5.91 Å². The number of halogens is 1. The first kappa shape index (κ1) is 9.25. The van der Waals surface area contributed by atoms with E-state index in [4.69, 9.17) is 5.73 Å². The van der Waals surface area contributed by atoms with Crippen molar-refractivity contribution in [1.82, 2.24) is 0 Å². The summed E-state index contributed by atoms with van der Waals surface area (Å²) in [5, 5.41) is 0. The van der Waals surface area contributed by atoms with Crippen LogP contribution in [0.25, 0.3) is 6.08 Å². The molecule has 1 amide bonds. The Kier molecular flexibility index (Phi) is 3.28. The summed E-state index contributed by atoms with van der Waals surface area (Å²) in [4.78, 5) is 10.4. The van der Waals surface area contributed by atoms with E-state index in [-0.39, 0.29) is 0 Å². The van der Waals surface area contributed by atoms with Gasteiger partial charge in [0.25, 0.3) is 0 Å². The minimum absolute atomic E-state index is 0.423. The molecule has 1 aromatic rings. The molecule has 0 fully saturated rings. The third-order valence-electron chi connectivity index (χ3n) is 1.31. The quantitative estimate of drug-likeness (QED) is 0.648. The highest BCUT2D eigenvalue weighted by Gasteiger charge is 1.87. The highest BCUT2D eigenvalue weighted by atomic mass is 127. The van der Waals surface area contributed by atoms with E-state index in [0.717, 1.165) is 5.56 Å². The minimum atomic E-state index is -0.423. The summed E-state index contributed by atoms with van der Waals surface area (Å²) >= 11 is 2.22. The normalized spacial score (nSPS) is 10.4. The zero-order chi connectivity index (χ0) is 8.97. The third kappa shape index (κ3) is 3.04. The molecule has 62 valence electrons. The molecule has 0 aliphatic rings. The smallest absolute Gasteiger partial charge is 0.241 e. The summed E-state index contributed by atoms with van der Waals surface area (Å²) in [6.07, 6.45) is 3.04. The summed E-state index contributed by atoms with van der Waals surface area (Å²) in [6, 6.07) is 7.81. The Hall–Kier alpha value is -0.840. The predicted molar refractivity (Wildman–Crippen MR) is 57.4 cm³/mol. The van der Waals surface area contributed by atoms with Gasteiger partial charge in [0.1, 0.15) is 0 Å². The fourth-order valence-electron chi connectivity index (χ4n) is 0.752. The van der Waals surface area contributed by atoms with E-state index >= 15 is 0 Å². The second kappa shape index (κ2) is 4.25. The lowest BCUT2D eigenvalue weighted by Gasteiger charge is -1.91. The van der Waals surface area contributed by atoms with Crippen molar-refractivity contribution in [3.05, 3.63) is 39.5 Å². The number of nitrogens with two attached hydrogens (primary N) is 1. The average Bonchev–Trinajstić information content (AvgIpc) is 2.03. The number of primary amides is 1. The first-order chi connectivity index (χ1) is 5.68. The first-order valence-corrected chi connectivity index (χ1v) is 4.49. The minimum Gasteiger partial charge on any atom is -0.366 e. The van der Waals surface area contributed by atoms with E-state index in [1.54, 1.807) is 6.08 Å². The molecule has 0 radical (unpaired) electrons. The molecule has 2 N–H and O–H groups in total. The number of carbonyl (C=O) groups is 1. The summed E-state index contributed by atoms with van der Waals surface area (Å²) in [5.41, 5.74) is 5.92. The van der Waals surface area contributed by atoms with E-state index in [9.17, 15) is 4.79 Å². The second-order valence-electron chi connectivity index (χ2n) is 2.29. The summed E-state index contributed by atoms with van der Waals surface area (Å²) in [6.45, 7) is 0. The average molecular weight is 273 g/mol. The molecule has 3 heteroatoms. The van der Waals surface area contributed by atoms with Crippen LogP contribution in [0.3, 0.4) is 0 Å². The van der Waals surface area contributed by atoms with Crippen LogP contribution < -0.4 is 5.73 Å². The predicted octanol–water partition coefficient (Wildman–Crippen LogP) is 1.79. The molecule has 0 unspecified atom stereocenters. The molecule has 0 heterocycles. The number of carbonyl (C=O) groups excluding carboxylic acids is 1. The maximum absolute atomic E-state index is 10.4. The van der Waals surface area contributed by atoms with Crippen molar-refractivity contribution in [2.24, 2.45) is 5.73 Å². The molecule has 0 bridgehead atoms. The van der Waals surface area contributed by atoms with E-state index < -0.39 is 5.91 Å². The van der Waals surface area contributed by atoms with Crippen molar-refractivity contribution < 1.29 is 4.79 Å². The van der Waals surface area contributed by atoms with Crippen LogP contribution in [0.2, 0.25) is 0 Å². The van der Waals surface area contributed by atoms with E-state index in [1.165, 1.54) is 9.65 Å². The molecule has 1 rings (SSSR count). The first-order valence-electron chi connectivity index (χ1n) is 3.41. The van der Waals surface area contributed by atoms with Gasteiger partial charge in [-0.3, -0.25) is 4.79 Å². The maximum atomic E-state index is 10.4. The van der Waals surface area contributed by atoms with Crippen LogP contribution in [0.1, 0.15) is 5.56 Å². The zero-order valence-corrected chi connectivity index (χ0v) is 8.49. The molecule has 0 saturated carbocycles. The molecule has 0 aromatic heterocycles. The van der Waals surface area contributed by atoms with Gasteiger partial charge in [0, 0.05) is 9.65 Å². The standard InChI is InChI=1S/C9H8INO/c10-8-4-1-7(2-5-8)3-6-9(11)12/h1-6H,(H2,11,12). The molecule has 1 aromatic carbocycles. The zero-order valence-electron chi connectivity index (χ0n) is 6.33. The SMILES string of the molecule is NC(=O)C=Cc1ccc(I)cc1. The maximum Gasteiger partial charge on any atom is 0.241 e. The van der Waals surface area contributed by atoms with Crippen LogP contribution in [0.4, 0.5) is 0 Å². The van der Waals surface area contributed by atoms with Crippen molar-refractivity contribution in [3.8, 4) is 0 Å². The molecule has 2 nitrogen and oxygen atoms in total. The highest BCUT2D eigenvalue weighted by Crippen LogP contribution is 2.07. The fraction of sp³-hybridized carbons (Fsp3) is 0. The molecule has 0 atom stereocenters. The van der Waals surface area contributed by atoms with Gasteiger partial charge in [-0.15, -0.1) is 0 Å². The Balaban J connectivity index is 2.77. The molecule has 0 saturated heterocycles. The van der Waals surface area contributed by atoms with Crippen LogP contribution in [0.5, 0.6) is 0 Å². The van der Waals surface area contributed by atoms with E-state index in [1.807, 2.05) is 24.3 Å². The third-order valence-corrected chi connectivity index (χ3v) is 2.03. The van der Waals surface area contributed by atoms with Crippen molar-refractivity contribution in [2.45, 2.75) is 0 Å². The van der Waals surface area contributed by atoms with Crippen molar-refractivity contribution in [1.29, 1.82) is 0 Å². The largest absolute Gasteiger partial charge is 0.366 e. The molecular formula is C9H8INO. The van der Waals surface area contributed by atoms with Crippen LogP contribution in [-0.2, 0) is 4.79 Å². The summed E-state index contributed by atoms with van der Waals surface area (Å²) < 4.78 is 1.17. The molecule has 0 spiro atoms. The van der Waals surface area contributed by atoms with Crippen LogP contribution in [0, 0.1) is 3.57 Å². The van der Waals surface area contributed by atoms with Crippen LogP contribution in [0.15, 0.2) is 30.3 Å². The highest BCUT2D eigenvalue weighted by molar-refractivity contribution is 14.1. The van der Waals surface area contributed by atoms with Crippen LogP contribution in [-0.4, -0.2) is 5.91 Å². The molecular weight excluding hydrogens is 265 g/mol. The van der Waals surface area contributed by atoms with Crippen molar-refractivity contribution in [3.63, 3.8) is 0 Å². The van der Waals surface area contributed by atoms with Gasteiger partial charge in [0.15, 0.2) is 0 Å². The van der Waals surface area contributed by atoms with E-state index in [2.05, 4.69) is 22.6 Å². The molecule has 0 aliphatic heterocycles. The van der Waals surface area contributed by atoms with Gasteiger partial charge in [-0.05, 0) is 46.4 Å². The Morgan fingerprint density at radius 1 is 1.33 bits per heavy atom. The number of amides is 1. The van der Waals surface area contributed by atoms with Gasteiger partial charge in [-0.1, -0.05) is 12.1 Å². The summed E-state index contributed by atoms with van der Waals surface area (Å²) in [5.74, 6) is -0.423. The Bertz CT molecular complexity index is 303. The number of hydrogen-bond donors (Lipinski definition) is 1. The summed E-state index contributed by atoms with van der Waals surface area (Å²) in [7, 11) is 0. The second-order valence-corrected chi connectivity index (χ2v) is 3.53.